The number of amides is 1. The van der Waals surface area contributed by atoms with Crippen molar-refractivity contribution >= 4 is 23.0 Å². The summed E-state index contributed by atoms with van der Waals surface area (Å²) < 4.78 is 10.3. The maximum atomic E-state index is 12.5. The lowest BCUT2D eigenvalue weighted by Crippen LogP contribution is -2.15. The summed E-state index contributed by atoms with van der Waals surface area (Å²) in [5.41, 5.74) is 0.894. The molecule has 132 valence electrons. The molecule has 0 fully saturated rings. The van der Waals surface area contributed by atoms with Crippen LogP contribution in [-0.2, 0) is 0 Å². The van der Waals surface area contributed by atoms with Crippen LogP contribution in [0.2, 0.25) is 0 Å². The maximum Gasteiger partial charge on any atom is 0.293 e. The van der Waals surface area contributed by atoms with Crippen LogP contribution in [0.3, 0.4) is 0 Å². The van der Waals surface area contributed by atoms with Crippen molar-refractivity contribution in [3.05, 3.63) is 52.1 Å². The van der Waals surface area contributed by atoms with Gasteiger partial charge in [-0.2, -0.15) is 0 Å². The number of methoxy groups -OCH3 is 2. The Morgan fingerprint density at radius 3 is 2.40 bits per heavy atom. The van der Waals surface area contributed by atoms with Gasteiger partial charge in [-0.3, -0.25) is 14.9 Å². The zero-order chi connectivity index (χ0) is 18.6. The predicted octanol–water partition coefficient (Wildman–Crippen LogP) is 2.93. The molecule has 0 saturated carbocycles. The summed E-state index contributed by atoms with van der Waals surface area (Å²) in [5.74, 6) is 0.532. The van der Waals surface area contributed by atoms with E-state index in [0.717, 1.165) is 0 Å². The SMILES string of the molecule is COc1ccc(NC(=O)c2ccc(N(C)C)c([N+](=O)[O-])c2)c(OC)c1. The lowest BCUT2D eigenvalue weighted by Gasteiger charge is -2.14. The molecule has 0 aliphatic heterocycles. The van der Waals surface area contributed by atoms with Crippen molar-refractivity contribution in [1.82, 2.24) is 0 Å². The van der Waals surface area contributed by atoms with Gasteiger partial charge in [-0.05, 0) is 24.3 Å². The number of nitro groups is 1. The van der Waals surface area contributed by atoms with E-state index in [4.69, 9.17) is 9.47 Å². The molecule has 2 aromatic carbocycles. The number of anilines is 2. The molecule has 25 heavy (non-hydrogen) atoms. The normalized spacial score (nSPS) is 10.1. The van der Waals surface area contributed by atoms with Crippen LogP contribution in [0, 0.1) is 10.1 Å². The molecular weight excluding hydrogens is 326 g/mol. The summed E-state index contributed by atoms with van der Waals surface area (Å²) in [6.45, 7) is 0. The van der Waals surface area contributed by atoms with Crippen molar-refractivity contribution in [1.29, 1.82) is 0 Å². The quantitative estimate of drug-likeness (QED) is 0.639. The van der Waals surface area contributed by atoms with Crippen LogP contribution in [0.4, 0.5) is 17.1 Å². The highest BCUT2D eigenvalue weighted by atomic mass is 16.6. The minimum Gasteiger partial charge on any atom is -0.497 e. The number of nitrogens with zero attached hydrogens (tertiary/aromatic N) is 2. The molecule has 8 heteroatoms. The summed E-state index contributed by atoms with van der Waals surface area (Å²) in [4.78, 5) is 24.8. The van der Waals surface area contributed by atoms with E-state index < -0.39 is 10.8 Å². The van der Waals surface area contributed by atoms with Crippen molar-refractivity contribution < 1.29 is 19.2 Å². The molecular formula is C17H19N3O5. The van der Waals surface area contributed by atoms with E-state index >= 15 is 0 Å². The first-order valence-corrected chi connectivity index (χ1v) is 7.36. The van der Waals surface area contributed by atoms with E-state index in [1.165, 1.54) is 32.4 Å². The zero-order valence-electron chi connectivity index (χ0n) is 14.4. The van der Waals surface area contributed by atoms with Gasteiger partial charge < -0.3 is 19.7 Å². The Balaban J connectivity index is 2.33. The first-order chi connectivity index (χ1) is 11.9. The molecule has 2 rings (SSSR count). The second-order valence-corrected chi connectivity index (χ2v) is 5.38. The van der Waals surface area contributed by atoms with E-state index in [9.17, 15) is 14.9 Å². The second kappa shape index (κ2) is 7.52. The highest BCUT2D eigenvalue weighted by Gasteiger charge is 2.19. The van der Waals surface area contributed by atoms with Gasteiger partial charge in [-0.15, -0.1) is 0 Å². The fourth-order valence-corrected chi connectivity index (χ4v) is 2.29. The molecule has 0 saturated heterocycles. The average molecular weight is 345 g/mol. The number of carbonyl (C=O) groups excluding carboxylic acids is 1. The Hall–Kier alpha value is -3.29. The maximum absolute atomic E-state index is 12.5. The molecule has 0 unspecified atom stereocenters. The molecule has 0 aromatic heterocycles. The van der Waals surface area contributed by atoms with Gasteiger partial charge in [0.25, 0.3) is 11.6 Å². The van der Waals surface area contributed by atoms with E-state index in [1.807, 2.05) is 0 Å². The molecule has 0 spiro atoms. The Bertz CT molecular complexity index is 805. The summed E-state index contributed by atoms with van der Waals surface area (Å²) in [6.07, 6.45) is 0. The molecule has 2 aromatic rings. The molecule has 0 heterocycles. The molecule has 1 amide bonds. The van der Waals surface area contributed by atoms with E-state index in [-0.39, 0.29) is 11.3 Å². The topological polar surface area (TPSA) is 93.9 Å². The van der Waals surface area contributed by atoms with Gasteiger partial charge in [0.2, 0.25) is 0 Å². The van der Waals surface area contributed by atoms with Gasteiger partial charge in [0, 0.05) is 31.8 Å². The van der Waals surface area contributed by atoms with Crippen molar-refractivity contribution in [3.8, 4) is 11.5 Å². The lowest BCUT2D eigenvalue weighted by molar-refractivity contribution is -0.384. The molecule has 0 aliphatic carbocycles. The van der Waals surface area contributed by atoms with E-state index in [2.05, 4.69) is 5.32 Å². The average Bonchev–Trinajstić information content (AvgIpc) is 2.61. The van der Waals surface area contributed by atoms with E-state index in [1.54, 1.807) is 37.2 Å². The van der Waals surface area contributed by atoms with Crippen LogP contribution >= 0.6 is 0 Å². The summed E-state index contributed by atoms with van der Waals surface area (Å²) in [7, 11) is 6.40. The van der Waals surface area contributed by atoms with Crippen LogP contribution in [0.5, 0.6) is 11.5 Å². The van der Waals surface area contributed by atoms with Gasteiger partial charge in [0.15, 0.2) is 0 Å². The highest BCUT2D eigenvalue weighted by Crippen LogP contribution is 2.31. The van der Waals surface area contributed by atoms with Gasteiger partial charge >= 0.3 is 0 Å². The Morgan fingerprint density at radius 1 is 1.12 bits per heavy atom. The standard InChI is InChI=1S/C17H19N3O5/c1-19(2)14-8-5-11(9-15(14)20(22)23)17(21)18-13-7-6-12(24-3)10-16(13)25-4/h5-10H,1-4H3,(H,18,21). The zero-order valence-corrected chi connectivity index (χ0v) is 14.4. The third-order valence-electron chi connectivity index (χ3n) is 3.57. The fraction of sp³-hybridized carbons (Fsp3) is 0.235. The van der Waals surface area contributed by atoms with Crippen molar-refractivity contribution in [2.24, 2.45) is 0 Å². The first-order valence-electron chi connectivity index (χ1n) is 7.36. The number of rotatable bonds is 6. The number of hydrogen-bond donors (Lipinski definition) is 1. The Morgan fingerprint density at radius 2 is 1.84 bits per heavy atom. The Labute approximate surface area is 145 Å². The van der Waals surface area contributed by atoms with Gasteiger partial charge in [0.1, 0.15) is 17.2 Å². The van der Waals surface area contributed by atoms with Crippen molar-refractivity contribution in [2.45, 2.75) is 0 Å². The smallest absolute Gasteiger partial charge is 0.293 e. The monoisotopic (exact) mass is 345 g/mol. The van der Waals surface area contributed by atoms with Crippen molar-refractivity contribution in [3.63, 3.8) is 0 Å². The Kier molecular flexibility index (Phi) is 5.43. The number of hydrogen-bond acceptors (Lipinski definition) is 6. The molecule has 0 aliphatic rings. The number of nitrogens with one attached hydrogen (secondary N) is 1. The fourth-order valence-electron chi connectivity index (χ4n) is 2.29. The number of nitro benzene ring substituents is 1. The van der Waals surface area contributed by atoms with Gasteiger partial charge in [0.05, 0.1) is 24.8 Å². The molecule has 0 radical (unpaired) electrons. The predicted molar refractivity (Wildman–Crippen MR) is 94.9 cm³/mol. The van der Waals surface area contributed by atoms with Crippen LogP contribution in [-0.4, -0.2) is 39.1 Å². The minimum absolute atomic E-state index is 0.139. The molecule has 0 atom stereocenters. The summed E-state index contributed by atoms with van der Waals surface area (Å²) in [6, 6.07) is 9.27. The summed E-state index contributed by atoms with van der Waals surface area (Å²) >= 11 is 0. The largest absolute Gasteiger partial charge is 0.497 e. The highest BCUT2D eigenvalue weighted by molar-refractivity contribution is 6.05. The molecule has 0 bridgehead atoms. The third kappa shape index (κ3) is 3.97. The second-order valence-electron chi connectivity index (χ2n) is 5.38. The number of carbonyl (C=O) groups is 1. The van der Waals surface area contributed by atoms with Crippen LogP contribution in [0.1, 0.15) is 10.4 Å². The molecule has 8 nitrogen and oxygen atoms in total. The van der Waals surface area contributed by atoms with Gasteiger partial charge in [-0.25, -0.2) is 0 Å². The van der Waals surface area contributed by atoms with Crippen LogP contribution < -0.4 is 19.7 Å². The van der Waals surface area contributed by atoms with Crippen LogP contribution in [0.25, 0.3) is 0 Å². The van der Waals surface area contributed by atoms with Crippen LogP contribution in [0.15, 0.2) is 36.4 Å². The first kappa shape index (κ1) is 18.1. The third-order valence-corrected chi connectivity index (χ3v) is 3.57. The molecule has 1 N–H and O–H groups in total. The lowest BCUT2D eigenvalue weighted by atomic mass is 10.1. The van der Waals surface area contributed by atoms with Gasteiger partial charge in [-0.1, -0.05) is 0 Å². The summed E-state index contributed by atoms with van der Waals surface area (Å²) in [5, 5.41) is 13.9. The van der Waals surface area contributed by atoms with E-state index in [0.29, 0.717) is 22.9 Å². The number of benzene rings is 2. The minimum atomic E-state index is -0.514. The number of ether oxygens (including phenoxy) is 2. The van der Waals surface area contributed by atoms with Crippen molar-refractivity contribution in [2.75, 3.05) is 38.5 Å².